The Kier molecular flexibility index (Phi) is 4.95. The Morgan fingerprint density at radius 2 is 2.00 bits per heavy atom. The summed E-state index contributed by atoms with van der Waals surface area (Å²) in [4.78, 5) is 26.1. The van der Waals surface area contributed by atoms with E-state index in [1.165, 1.54) is 5.56 Å². The molecule has 0 unspecified atom stereocenters. The van der Waals surface area contributed by atoms with Gasteiger partial charge in [0, 0.05) is 10.8 Å². The molecule has 0 bridgehead atoms. The monoisotopic (exact) mass is 340 g/mol. The number of benzene rings is 1. The minimum absolute atomic E-state index is 0.155. The lowest BCUT2D eigenvalue weighted by atomic mass is 9.76. The van der Waals surface area contributed by atoms with Gasteiger partial charge in [-0.25, -0.2) is 0 Å². The molecule has 1 aromatic heterocycles. The van der Waals surface area contributed by atoms with Crippen LogP contribution in [0.5, 0.6) is 0 Å². The zero-order valence-corrected chi connectivity index (χ0v) is 14.6. The summed E-state index contributed by atoms with van der Waals surface area (Å²) < 4.78 is 5.15. The molecular weight excluding hydrogens is 320 g/mol. The van der Waals surface area contributed by atoms with Crippen molar-refractivity contribution in [2.24, 2.45) is 5.92 Å². The van der Waals surface area contributed by atoms with Crippen LogP contribution in [0.15, 0.2) is 47.9 Å². The van der Waals surface area contributed by atoms with E-state index in [4.69, 9.17) is 4.74 Å². The van der Waals surface area contributed by atoms with Crippen LogP contribution in [-0.2, 0) is 14.3 Å². The molecule has 0 radical (unpaired) electrons. The van der Waals surface area contributed by atoms with E-state index in [1.54, 1.807) is 24.3 Å². The molecule has 3 rings (SSSR count). The molecular formula is C20H20O3S. The van der Waals surface area contributed by atoms with Crippen molar-refractivity contribution in [1.82, 2.24) is 0 Å². The van der Waals surface area contributed by atoms with Gasteiger partial charge in [0.05, 0.1) is 6.61 Å². The Bertz CT molecular complexity index is 757. The molecule has 1 aromatic carbocycles. The Labute approximate surface area is 146 Å². The maximum Gasteiger partial charge on any atom is 0.317 e. The second kappa shape index (κ2) is 7.14. The highest BCUT2D eigenvalue weighted by Crippen LogP contribution is 2.41. The van der Waals surface area contributed by atoms with E-state index in [1.807, 2.05) is 48.7 Å². The van der Waals surface area contributed by atoms with Crippen molar-refractivity contribution in [2.75, 3.05) is 6.61 Å². The molecule has 1 heterocycles. The summed E-state index contributed by atoms with van der Waals surface area (Å²) in [7, 11) is 0. The minimum Gasteiger partial charge on any atom is -0.465 e. The number of ether oxygens (including phenoxy) is 1. The summed E-state index contributed by atoms with van der Waals surface area (Å²) in [5, 5.41) is 1.98. The average molecular weight is 340 g/mol. The Hall–Kier alpha value is -2.20. The predicted octanol–water partition coefficient (Wildman–Crippen LogP) is 4.38. The molecule has 0 aliphatic heterocycles. The van der Waals surface area contributed by atoms with E-state index in [-0.39, 0.29) is 18.3 Å². The standard InChI is InChI=1S/C20H20O3S/c1-3-23-20(22)19-16(18-5-4-10-24-18)11-15(12-17(19)21)14-8-6-13(2)7-9-14/h4-10,12,16,19H,3,11H2,1-2H3/t16-,19-/m1/s1. The fourth-order valence-corrected chi connectivity index (χ4v) is 3.99. The maximum absolute atomic E-state index is 12.7. The number of carbonyl (C=O) groups excluding carboxylic acids is 2. The first-order valence-electron chi connectivity index (χ1n) is 8.11. The van der Waals surface area contributed by atoms with E-state index in [0.717, 1.165) is 16.0 Å². The number of esters is 1. The number of allylic oxidation sites excluding steroid dienone is 2. The number of hydrogen-bond donors (Lipinski definition) is 0. The summed E-state index contributed by atoms with van der Waals surface area (Å²) in [6.07, 6.45) is 2.29. The van der Waals surface area contributed by atoms with Crippen molar-refractivity contribution < 1.29 is 14.3 Å². The van der Waals surface area contributed by atoms with Crippen molar-refractivity contribution in [3.8, 4) is 0 Å². The molecule has 0 N–H and O–H groups in total. The summed E-state index contributed by atoms with van der Waals surface area (Å²) in [6, 6.07) is 12.1. The quantitative estimate of drug-likeness (QED) is 0.613. The van der Waals surface area contributed by atoms with Crippen LogP contribution in [-0.4, -0.2) is 18.4 Å². The van der Waals surface area contributed by atoms with Crippen LogP contribution in [0.2, 0.25) is 0 Å². The van der Waals surface area contributed by atoms with Gasteiger partial charge in [0.15, 0.2) is 5.78 Å². The van der Waals surface area contributed by atoms with Crippen LogP contribution in [0.4, 0.5) is 0 Å². The normalized spacial score (nSPS) is 20.6. The largest absolute Gasteiger partial charge is 0.465 e. The lowest BCUT2D eigenvalue weighted by Gasteiger charge is -2.28. The van der Waals surface area contributed by atoms with E-state index < -0.39 is 11.9 Å². The van der Waals surface area contributed by atoms with E-state index in [2.05, 4.69) is 0 Å². The van der Waals surface area contributed by atoms with Gasteiger partial charge in [-0.3, -0.25) is 9.59 Å². The van der Waals surface area contributed by atoms with E-state index in [0.29, 0.717) is 6.42 Å². The van der Waals surface area contributed by atoms with Gasteiger partial charge < -0.3 is 4.74 Å². The van der Waals surface area contributed by atoms with Gasteiger partial charge in [0.1, 0.15) is 5.92 Å². The molecule has 2 atom stereocenters. The molecule has 0 saturated carbocycles. The highest BCUT2D eigenvalue weighted by atomic mass is 32.1. The average Bonchev–Trinajstić information content (AvgIpc) is 3.09. The van der Waals surface area contributed by atoms with Gasteiger partial charge >= 0.3 is 5.97 Å². The van der Waals surface area contributed by atoms with Gasteiger partial charge in [-0.05, 0) is 48.9 Å². The first kappa shape index (κ1) is 16.7. The fraction of sp³-hybridized carbons (Fsp3) is 0.300. The molecule has 0 saturated heterocycles. The maximum atomic E-state index is 12.7. The molecule has 2 aromatic rings. The van der Waals surface area contributed by atoms with Crippen LogP contribution in [0.3, 0.4) is 0 Å². The van der Waals surface area contributed by atoms with Crippen LogP contribution >= 0.6 is 11.3 Å². The van der Waals surface area contributed by atoms with Gasteiger partial charge in [-0.15, -0.1) is 11.3 Å². The van der Waals surface area contributed by atoms with Gasteiger partial charge in [0.2, 0.25) is 0 Å². The highest BCUT2D eigenvalue weighted by molar-refractivity contribution is 7.10. The lowest BCUT2D eigenvalue weighted by molar-refractivity contribution is -0.151. The van der Waals surface area contributed by atoms with E-state index >= 15 is 0 Å². The van der Waals surface area contributed by atoms with Crippen molar-refractivity contribution in [3.05, 3.63) is 63.9 Å². The molecule has 1 aliphatic carbocycles. The van der Waals surface area contributed by atoms with Gasteiger partial charge in [-0.1, -0.05) is 35.9 Å². The number of carbonyl (C=O) groups is 2. The number of aryl methyl sites for hydroxylation is 1. The smallest absolute Gasteiger partial charge is 0.317 e. The third-order valence-electron chi connectivity index (χ3n) is 4.34. The minimum atomic E-state index is -0.738. The fourth-order valence-electron chi connectivity index (χ4n) is 3.12. The molecule has 1 aliphatic rings. The lowest BCUT2D eigenvalue weighted by Crippen LogP contribution is -2.33. The van der Waals surface area contributed by atoms with Crippen LogP contribution in [0.1, 0.15) is 35.3 Å². The van der Waals surface area contributed by atoms with Gasteiger partial charge in [-0.2, -0.15) is 0 Å². The summed E-state index contributed by atoms with van der Waals surface area (Å²) in [5.41, 5.74) is 3.21. The van der Waals surface area contributed by atoms with Crippen molar-refractivity contribution >= 4 is 28.7 Å². The zero-order valence-electron chi connectivity index (χ0n) is 13.8. The highest BCUT2D eigenvalue weighted by Gasteiger charge is 2.40. The van der Waals surface area contributed by atoms with Crippen molar-refractivity contribution in [2.45, 2.75) is 26.2 Å². The molecule has 124 valence electrons. The first-order valence-corrected chi connectivity index (χ1v) is 8.99. The Morgan fingerprint density at radius 3 is 2.62 bits per heavy atom. The van der Waals surface area contributed by atoms with Crippen molar-refractivity contribution in [3.63, 3.8) is 0 Å². The third-order valence-corrected chi connectivity index (χ3v) is 5.34. The predicted molar refractivity (Wildman–Crippen MR) is 96.0 cm³/mol. The number of rotatable bonds is 4. The Morgan fingerprint density at radius 1 is 1.25 bits per heavy atom. The Balaban J connectivity index is 1.98. The molecule has 0 spiro atoms. The number of ketones is 1. The third kappa shape index (κ3) is 3.34. The molecule has 0 fully saturated rings. The second-order valence-corrected chi connectivity index (χ2v) is 6.97. The van der Waals surface area contributed by atoms with Crippen LogP contribution in [0.25, 0.3) is 5.57 Å². The molecule has 3 nitrogen and oxygen atoms in total. The topological polar surface area (TPSA) is 43.4 Å². The SMILES string of the molecule is CCOC(=O)[C@H]1C(=O)C=C(c2ccc(C)cc2)C[C@@H]1c1cccs1. The van der Waals surface area contributed by atoms with Gasteiger partial charge in [0.25, 0.3) is 0 Å². The first-order chi connectivity index (χ1) is 11.6. The second-order valence-electron chi connectivity index (χ2n) is 5.99. The summed E-state index contributed by atoms with van der Waals surface area (Å²) >= 11 is 1.58. The van der Waals surface area contributed by atoms with Crippen LogP contribution < -0.4 is 0 Å². The zero-order chi connectivity index (χ0) is 17.1. The molecule has 4 heteroatoms. The number of thiophene rings is 1. The number of hydrogen-bond acceptors (Lipinski definition) is 4. The summed E-state index contributed by atoms with van der Waals surface area (Å²) in [6.45, 7) is 4.09. The van der Waals surface area contributed by atoms with Crippen molar-refractivity contribution in [1.29, 1.82) is 0 Å². The summed E-state index contributed by atoms with van der Waals surface area (Å²) in [5.74, 6) is -1.47. The molecule has 0 amide bonds. The van der Waals surface area contributed by atoms with E-state index in [9.17, 15) is 9.59 Å². The molecule has 24 heavy (non-hydrogen) atoms. The van der Waals surface area contributed by atoms with Crippen LogP contribution in [0, 0.1) is 12.8 Å².